The van der Waals surface area contributed by atoms with Crippen LogP contribution in [0.5, 0.6) is 0 Å². The molecular weight excluding hydrogens is 431 g/mol. The fraction of sp³-hybridized carbons (Fsp3) is 0.350. The van der Waals surface area contributed by atoms with Crippen LogP contribution in [0.1, 0.15) is 26.4 Å². The molecule has 1 aliphatic rings. The predicted molar refractivity (Wildman–Crippen MR) is 115 cm³/mol. The number of benzene rings is 1. The molecule has 0 unspecified atom stereocenters. The largest absolute Gasteiger partial charge is 0.348 e. The second-order valence-electron chi connectivity index (χ2n) is 6.85. The Hall–Kier alpha value is -2.36. The summed E-state index contributed by atoms with van der Waals surface area (Å²) in [5.74, 6) is -2.11. The molecule has 0 radical (unpaired) electrons. The van der Waals surface area contributed by atoms with Gasteiger partial charge in [0, 0.05) is 37.7 Å². The quantitative estimate of drug-likeness (QED) is 0.652. The van der Waals surface area contributed by atoms with E-state index in [1.165, 1.54) is 16.8 Å². The zero-order valence-corrected chi connectivity index (χ0v) is 18.2. The number of carbonyl (C=O) groups excluding carboxylic acids is 2. The summed E-state index contributed by atoms with van der Waals surface area (Å²) in [6.07, 6.45) is 1.92. The minimum Gasteiger partial charge on any atom is -0.348 e. The van der Waals surface area contributed by atoms with Gasteiger partial charge in [-0.1, -0.05) is 35.7 Å². The van der Waals surface area contributed by atoms with Gasteiger partial charge in [0.1, 0.15) is 11.3 Å². The molecule has 3 rings (SSSR count). The molecule has 0 saturated carbocycles. The van der Waals surface area contributed by atoms with Crippen molar-refractivity contribution < 1.29 is 14.0 Å². The molecule has 0 atom stereocenters. The Kier molecular flexibility index (Phi) is 7.17. The number of rotatable bonds is 7. The van der Waals surface area contributed by atoms with Gasteiger partial charge in [-0.2, -0.15) is 0 Å². The molecule has 160 valence electrons. The summed E-state index contributed by atoms with van der Waals surface area (Å²) in [7, 11) is 1.90. The Morgan fingerprint density at radius 3 is 2.63 bits per heavy atom. The normalized spacial score (nSPS) is 13.5. The molecule has 2 aromatic rings. The molecule has 2 amide bonds. The lowest BCUT2D eigenvalue weighted by atomic mass is 10.1. The first-order chi connectivity index (χ1) is 14.3. The van der Waals surface area contributed by atoms with Gasteiger partial charge in [0.25, 0.3) is 17.4 Å². The number of fused-ring (bicyclic) bond motifs is 1. The molecule has 10 heteroatoms. The number of hydrogen-bond acceptors (Lipinski definition) is 5. The van der Waals surface area contributed by atoms with Crippen LogP contribution >= 0.6 is 23.5 Å². The van der Waals surface area contributed by atoms with E-state index in [0.29, 0.717) is 18.1 Å². The number of halogens is 2. The van der Waals surface area contributed by atoms with Crippen LogP contribution < -0.4 is 10.9 Å². The molecule has 2 heterocycles. The fourth-order valence-electron chi connectivity index (χ4n) is 3.14. The van der Waals surface area contributed by atoms with E-state index in [-0.39, 0.29) is 30.9 Å². The number of nitrogens with zero attached hydrogens (tertiary/aromatic N) is 3. The van der Waals surface area contributed by atoms with Crippen LogP contribution in [-0.2, 0) is 13.1 Å². The van der Waals surface area contributed by atoms with Crippen LogP contribution in [0.3, 0.4) is 0 Å². The number of aromatic nitrogens is 1. The Bertz CT molecular complexity index is 1010. The van der Waals surface area contributed by atoms with Crippen molar-refractivity contribution in [2.45, 2.75) is 13.1 Å². The van der Waals surface area contributed by atoms with Crippen LogP contribution in [0.4, 0.5) is 4.39 Å². The van der Waals surface area contributed by atoms with Gasteiger partial charge < -0.3 is 10.2 Å². The summed E-state index contributed by atoms with van der Waals surface area (Å²) >= 11 is 7.36. The number of hydrogen-bond donors (Lipinski definition) is 1. The summed E-state index contributed by atoms with van der Waals surface area (Å²) in [5.41, 5.74) is -0.512. The number of pyridine rings is 1. The highest BCUT2D eigenvalue weighted by Crippen LogP contribution is 2.16. The van der Waals surface area contributed by atoms with E-state index in [9.17, 15) is 18.8 Å². The lowest BCUT2D eigenvalue weighted by molar-refractivity contribution is 0.0686. The third kappa shape index (κ3) is 4.85. The predicted octanol–water partition coefficient (Wildman–Crippen LogP) is 2.24. The topological polar surface area (TPSA) is 74.7 Å². The van der Waals surface area contributed by atoms with E-state index in [1.807, 2.05) is 17.6 Å². The van der Waals surface area contributed by atoms with Crippen LogP contribution in [0.15, 0.2) is 35.1 Å². The summed E-state index contributed by atoms with van der Waals surface area (Å²) in [6.45, 7) is 1.62. The molecule has 1 aromatic heterocycles. The zero-order chi connectivity index (χ0) is 21.8. The van der Waals surface area contributed by atoms with Crippen molar-refractivity contribution in [2.75, 3.05) is 32.9 Å². The number of carbonyl (C=O) groups is 2. The van der Waals surface area contributed by atoms with Gasteiger partial charge in [-0.3, -0.25) is 23.3 Å². The van der Waals surface area contributed by atoms with Gasteiger partial charge >= 0.3 is 0 Å². The number of nitrogens with one attached hydrogen (secondary N) is 1. The van der Waals surface area contributed by atoms with E-state index < -0.39 is 23.2 Å². The maximum Gasteiger partial charge on any atom is 0.273 e. The lowest BCUT2D eigenvalue weighted by Crippen LogP contribution is -2.48. The second kappa shape index (κ2) is 9.63. The molecule has 30 heavy (non-hydrogen) atoms. The highest BCUT2D eigenvalue weighted by atomic mass is 35.5. The molecule has 0 saturated heterocycles. The zero-order valence-electron chi connectivity index (χ0n) is 16.7. The standard InChI is InChI=1S/C20H22ClFN4O3S/c1-24(30-2)7-8-25-9-10-26-17(20(25)29)16(22)11-15(19(26)28)18(27)23-12-13-3-5-14(21)6-4-13/h3-6,11H,7-10,12H2,1-2H3,(H,23,27). The minimum absolute atomic E-state index is 0.137. The van der Waals surface area contributed by atoms with Gasteiger partial charge in [0.05, 0.1) is 0 Å². The highest BCUT2D eigenvalue weighted by molar-refractivity contribution is 7.96. The van der Waals surface area contributed by atoms with Gasteiger partial charge in [-0.25, -0.2) is 4.39 Å². The summed E-state index contributed by atoms with van der Waals surface area (Å²) < 4.78 is 17.8. The van der Waals surface area contributed by atoms with E-state index >= 15 is 0 Å². The summed E-state index contributed by atoms with van der Waals surface area (Å²) in [4.78, 5) is 39.5. The Labute approximate surface area is 182 Å². The lowest BCUT2D eigenvalue weighted by Gasteiger charge is -2.31. The van der Waals surface area contributed by atoms with Crippen molar-refractivity contribution in [3.8, 4) is 0 Å². The maximum atomic E-state index is 14.8. The van der Waals surface area contributed by atoms with E-state index in [1.54, 1.807) is 24.3 Å². The van der Waals surface area contributed by atoms with Crippen molar-refractivity contribution in [3.63, 3.8) is 0 Å². The monoisotopic (exact) mass is 452 g/mol. The molecule has 0 bridgehead atoms. The van der Waals surface area contributed by atoms with Crippen LogP contribution in [0.2, 0.25) is 5.02 Å². The van der Waals surface area contributed by atoms with Crippen LogP contribution in [-0.4, -0.2) is 58.5 Å². The molecule has 1 N–H and O–H groups in total. The Morgan fingerprint density at radius 1 is 1.27 bits per heavy atom. The first-order valence-electron chi connectivity index (χ1n) is 9.32. The van der Waals surface area contributed by atoms with Gasteiger partial charge in [0.15, 0.2) is 5.82 Å². The number of likely N-dealkylation sites (N-methyl/N-ethyl adjacent to an activating group) is 1. The number of amides is 2. The third-order valence-electron chi connectivity index (χ3n) is 4.93. The average Bonchev–Trinajstić information content (AvgIpc) is 2.74. The Morgan fingerprint density at radius 2 is 1.97 bits per heavy atom. The third-order valence-corrected chi connectivity index (χ3v) is 5.99. The molecule has 0 spiro atoms. The van der Waals surface area contributed by atoms with Gasteiger partial charge in [-0.15, -0.1) is 0 Å². The highest BCUT2D eigenvalue weighted by Gasteiger charge is 2.30. The SMILES string of the molecule is CSN(C)CCN1CCn2c(c(F)cc(C(=O)NCc3ccc(Cl)cc3)c2=O)C1=O. The van der Waals surface area contributed by atoms with Crippen molar-refractivity contribution in [1.29, 1.82) is 0 Å². The van der Waals surface area contributed by atoms with Crippen molar-refractivity contribution in [2.24, 2.45) is 0 Å². The molecule has 1 aromatic carbocycles. The van der Waals surface area contributed by atoms with Gasteiger partial charge in [0.2, 0.25) is 0 Å². The van der Waals surface area contributed by atoms with E-state index in [0.717, 1.165) is 16.2 Å². The first-order valence-corrected chi connectivity index (χ1v) is 10.9. The smallest absolute Gasteiger partial charge is 0.273 e. The van der Waals surface area contributed by atoms with Crippen LogP contribution in [0, 0.1) is 5.82 Å². The molecule has 1 aliphatic heterocycles. The van der Waals surface area contributed by atoms with Crippen molar-refractivity contribution in [3.05, 3.63) is 68.3 Å². The second-order valence-corrected chi connectivity index (χ2v) is 8.27. The molecular formula is C20H22ClFN4O3S. The molecule has 7 nitrogen and oxygen atoms in total. The minimum atomic E-state index is -0.876. The fourth-order valence-corrected chi connectivity index (χ4v) is 3.53. The van der Waals surface area contributed by atoms with E-state index in [2.05, 4.69) is 5.32 Å². The summed E-state index contributed by atoms with van der Waals surface area (Å²) in [6, 6.07) is 7.70. The average molecular weight is 453 g/mol. The maximum absolute atomic E-state index is 14.8. The molecule has 0 aliphatic carbocycles. The van der Waals surface area contributed by atoms with Crippen LogP contribution in [0.25, 0.3) is 0 Å². The van der Waals surface area contributed by atoms with E-state index in [4.69, 9.17) is 11.6 Å². The molecule has 0 fully saturated rings. The van der Waals surface area contributed by atoms with Crippen molar-refractivity contribution >= 4 is 35.4 Å². The first kappa shape index (κ1) is 22.3. The Balaban J connectivity index is 1.77. The van der Waals surface area contributed by atoms with Gasteiger partial charge in [-0.05, 0) is 37.1 Å². The summed E-state index contributed by atoms with van der Waals surface area (Å²) in [5, 5.41) is 3.17. The van der Waals surface area contributed by atoms with Crippen molar-refractivity contribution in [1.82, 2.24) is 19.1 Å².